The highest BCUT2D eigenvalue weighted by molar-refractivity contribution is 5.42. The molecule has 1 aliphatic rings. The highest BCUT2D eigenvalue weighted by Crippen LogP contribution is 2.31. The van der Waals surface area contributed by atoms with E-state index in [1.165, 1.54) is 17.5 Å². The summed E-state index contributed by atoms with van der Waals surface area (Å²) in [5, 5.41) is 4.11. The zero-order valence-corrected chi connectivity index (χ0v) is 8.42. The molecule has 0 amide bonds. The van der Waals surface area contributed by atoms with Gasteiger partial charge in [-0.25, -0.2) is 9.67 Å². The van der Waals surface area contributed by atoms with Crippen molar-refractivity contribution in [3.63, 3.8) is 0 Å². The molecule has 0 radical (unpaired) electrons. The fraction of sp³-hybridized carbons (Fsp3) is 0.273. The lowest BCUT2D eigenvalue weighted by atomic mass is 10.1. The third kappa shape index (κ3) is 1.53. The summed E-state index contributed by atoms with van der Waals surface area (Å²) in [6.07, 6.45) is 3.56. The SMILES string of the molecule is Cc1cc(C2CO2)ccc1-n1cncn1. The number of nitrogens with zero attached hydrogens (tertiary/aromatic N) is 3. The Labute approximate surface area is 87.5 Å². The van der Waals surface area contributed by atoms with Crippen molar-refractivity contribution < 1.29 is 4.74 Å². The van der Waals surface area contributed by atoms with Crippen molar-refractivity contribution in [1.82, 2.24) is 14.8 Å². The molecule has 0 N–H and O–H groups in total. The molecule has 0 spiro atoms. The van der Waals surface area contributed by atoms with E-state index in [2.05, 4.69) is 35.2 Å². The van der Waals surface area contributed by atoms with Gasteiger partial charge in [-0.1, -0.05) is 12.1 Å². The van der Waals surface area contributed by atoms with Gasteiger partial charge in [-0.15, -0.1) is 0 Å². The van der Waals surface area contributed by atoms with Crippen LogP contribution in [0.2, 0.25) is 0 Å². The zero-order valence-electron chi connectivity index (χ0n) is 8.42. The van der Waals surface area contributed by atoms with E-state index in [9.17, 15) is 0 Å². The molecular weight excluding hydrogens is 190 g/mol. The number of benzene rings is 1. The summed E-state index contributed by atoms with van der Waals surface area (Å²) in [6, 6.07) is 6.29. The van der Waals surface area contributed by atoms with Crippen molar-refractivity contribution in [1.29, 1.82) is 0 Å². The van der Waals surface area contributed by atoms with Crippen LogP contribution < -0.4 is 0 Å². The summed E-state index contributed by atoms with van der Waals surface area (Å²) >= 11 is 0. The average molecular weight is 201 g/mol. The lowest BCUT2D eigenvalue weighted by Crippen LogP contribution is -1.98. The molecule has 1 aliphatic heterocycles. The molecule has 1 atom stereocenters. The molecule has 1 saturated heterocycles. The second-order valence-electron chi connectivity index (χ2n) is 3.71. The van der Waals surface area contributed by atoms with Gasteiger partial charge < -0.3 is 4.74 Å². The molecule has 0 bridgehead atoms. The molecule has 2 aromatic rings. The molecule has 0 aliphatic carbocycles. The minimum Gasteiger partial charge on any atom is -0.368 e. The van der Waals surface area contributed by atoms with E-state index in [1.54, 1.807) is 11.0 Å². The van der Waals surface area contributed by atoms with E-state index in [0.29, 0.717) is 6.10 Å². The number of hydrogen-bond donors (Lipinski definition) is 0. The van der Waals surface area contributed by atoms with Gasteiger partial charge in [0.15, 0.2) is 0 Å². The minimum absolute atomic E-state index is 0.313. The largest absolute Gasteiger partial charge is 0.368 e. The van der Waals surface area contributed by atoms with Crippen molar-refractivity contribution in [2.45, 2.75) is 13.0 Å². The third-order valence-corrected chi connectivity index (χ3v) is 2.59. The predicted octanol–water partition coefficient (Wildman–Crippen LogP) is 1.65. The predicted molar refractivity (Wildman–Crippen MR) is 54.8 cm³/mol. The number of epoxide rings is 1. The second kappa shape index (κ2) is 3.17. The van der Waals surface area contributed by atoms with Gasteiger partial charge in [0, 0.05) is 0 Å². The van der Waals surface area contributed by atoms with E-state index >= 15 is 0 Å². The Kier molecular flexibility index (Phi) is 1.82. The van der Waals surface area contributed by atoms with Gasteiger partial charge >= 0.3 is 0 Å². The van der Waals surface area contributed by atoms with Gasteiger partial charge in [-0.3, -0.25) is 0 Å². The topological polar surface area (TPSA) is 43.2 Å². The Balaban J connectivity index is 2.02. The smallest absolute Gasteiger partial charge is 0.138 e. The van der Waals surface area contributed by atoms with Gasteiger partial charge in [0.2, 0.25) is 0 Å². The van der Waals surface area contributed by atoms with Gasteiger partial charge in [-0.05, 0) is 24.1 Å². The summed E-state index contributed by atoms with van der Waals surface area (Å²) in [6.45, 7) is 2.92. The standard InChI is InChI=1S/C11H11N3O/c1-8-4-9(11-5-15-11)2-3-10(8)14-7-12-6-13-14/h2-4,6-7,11H,5H2,1H3. The molecule has 2 heterocycles. The van der Waals surface area contributed by atoms with Crippen LogP contribution in [0.15, 0.2) is 30.9 Å². The number of ether oxygens (including phenoxy) is 1. The summed E-state index contributed by atoms with van der Waals surface area (Å²) < 4.78 is 7.02. The highest BCUT2D eigenvalue weighted by Gasteiger charge is 2.24. The summed E-state index contributed by atoms with van der Waals surface area (Å²) in [5.41, 5.74) is 3.50. The van der Waals surface area contributed by atoms with E-state index in [0.717, 1.165) is 12.3 Å². The molecule has 0 saturated carbocycles. The van der Waals surface area contributed by atoms with Crippen molar-refractivity contribution in [2.75, 3.05) is 6.61 Å². The van der Waals surface area contributed by atoms with E-state index in [4.69, 9.17) is 4.74 Å². The Morgan fingerprint density at radius 2 is 2.33 bits per heavy atom. The van der Waals surface area contributed by atoms with Gasteiger partial charge in [0.05, 0.1) is 12.3 Å². The molecule has 1 fully saturated rings. The maximum absolute atomic E-state index is 5.25. The van der Waals surface area contributed by atoms with Crippen molar-refractivity contribution in [2.24, 2.45) is 0 Å². The van der Waals surface area contributed by atoms with Crippen molar-refractivity contribution in [3.8, 4) is 5.69 Å². The summed E-state index contributed by atoms with van der Waals surface area (Å²) in [7, 11) is 0. The Hall–Kier alpha value is -1.68. The number of rotatable bonds is 2. The van der Waals surface area contributed by atoms with Crippen molar-refractivity contribution in [3.05, 3.63) is 42.0 Å². The van der Waals surface area contributed by atoms with Crippen LogP contribution in [0, 0.1) is 6.92 Å². The average Bonchev–Trinajstić information content (AvgIpc) is 2.95. The first-order valence-corrected chi connectivity index (χ1v) is 4.92. The molecule has 1 aromatic heterocycles. The Bertz CT molecular complexity index is 475. The minimum atomic E-state index is 0.313. The lowest BCUT2D eigenvalue weighted by Gasteiger charge is -2.06. The van der Waals surface area contributed by atoms with E-state index < -0.39 is 0 Å². The van der Waals surface area contributed by atoms with Gasteiger partial charge in [0.1, 0.15) is 18.8 Å². The maximum Gasteiger partial charge on any atom is 0.138 e. The second-order valence-corrected chi connectivity index (χ2v) is 3.71. The number of hydrogen-bond acceptors (Lipinski definition) is 3. The molecule has 4 nitrogen and oxygen atoms in total. The molecule has 76 valence electrons. The molecule has 15 heavy (non-hydrogen) atoms. The first-order valence-electron chi connectivity index (χ1n) is 4.92. The molecule has 3 rings (SSSR count). The van der Waals surface area contributed by atoms with Gasteiger partial charge in [0.25, 0.3) is 0 Å². The quantitative estimate of drug-likeness (QED) is 0.694. The molecule has 1 aromatic carbocycles. The molecular formula is C11H11N3O. The summed E-state index contributed by atoms with van der Waals surface area (Å²) in [5.74, 6) is 0. The normalized spacial score (nSPS) is 19.1. The van der Waals surface area contributed by atoms with E-state index in [1.807, 2.05) is 0 Å². The third-order valence-electron chi connectivity index (χ3n) is 2.59. The van der Waals surface area contributed by atoms with Crippen LogP contribution in [0.4, 0.5) is 0 Å². The lowest BCUT2D eigenvalue weighted by molar-refractivity contribution is 0.415. The number of aryl methyl sites for hydroxylation is 1. The van der Waals surface area contributed by atoms with Crippen LogP contribution in [-0.4, -0.2) is 21.4 Å². The first kappa shape index (κ1) is 8.61. The molecule has 1 unspecified atom stereocenters. The van der Waals surface area contributed by atoms with Crippen LogP contribution in [0.25, 0.3) is 5.69 Å². The van der Waals surface area contributed by atoms with Crippen LogP contribution in [0.5, 0.6) is 0 Å². The van der Waals surface area contributed by atoms with Crippen LogP contribution in [0.1, 0.15) is 17.2 Å². The Morgan fingerprint density at radius 3 is 2.93 bits per heavy atom. The van der Waals surface area contributed by atoms with Crippen LogP contribution in [0.3, 0.4) is 0 Å². The highest BCUT2D eigenvalue weighted by atomic mass is 16.6. The summed E-state index contributed by atoms with van der Waals surface area (Å²) in [4.78, 5) is 3.94. The fourth-order valence-corrected chi connectivity index (χ4v) is 1.71. The Morgan fingerprint density at radius 1 is 1.47 bits per heavy atom. The van der Waals surface area contributed by atoms with E-state index in [-0.39, 0.29) is 0 Å². The first-order chi connectivity index (χ1) is 7.34. The van der Waals surface area contributed by atoms with Crippen LogP contribution in [-0.2, 0) is 4.74 Å². The van der Waals surface area contributed by atoms with Crippen molar-refractivity contribution >= 4 is 0 Å². The maximum atomic E-state index is 5.25. The molecule has 4 heteroatoms. The zero-order chi connectivity index (χ0) is 10.3. The van der Waals surface area contributed by atoms with Crippen LogP contribution >= 0.6 is 0 Å². The van der Waals surface area contributed by atoms with Gasteiger partial charge in [-0.2, -0.15) is 5.10 Å². The monoisotopic (exact) mass is 201 g/mol. The number of aromatic nitrogens is 3. The fourth-order valence-electron chi connectivity index (χ4n) is 1.71.